The number of carbonyl (C=O) groups excluding carboxylic acids is 3. The summed E-state index contributed by atoms with van der Waals surface area (Å²) in [5, 5.41) is 2.83. The van der Waals surface area contributed by atoms with Gasteiger partial charge >= 0.3 is 0 Å². The summed E-state index contributed by atoms with van der Waals surface area (Å²) >= 11 is 0. The largest absolute Gasteiger partial charge is 0.324 e. The number of carbonyl (C=O) groups is 3. The van der Waals surface area contributed by atoms with Crippen LogP contribution in [0.4, 0.5) is 5.69 Å². The molecule has 1 aliphatic carbocycles. The number of hydrogen-bond acceptors (Lipinski definition) is 3. The lowest BCUT2D eigenvalue weighted by atomic mass is 9.81. The first kappa shape index (κ1) is 18.6. The molecule has 1 N–H and O–H groups in total. The Kier molecular flexibility index (Phi) is 4.91. The van der Waals surface area contributed by atoms with Crippen molar-refractivity contribution in [2.45, 2.75) is 64.8 Å². The standard InChI is InChI=1S/C21H28N2O3/c1-13(23-19(25)16-7-5-6-8-17(16)20(23)26)18(24)22-15-11-9-14(10-12-15)21(2,3)4/h9-13,16-17H,5-8H2,1-4H3,(H,22,24). The number of fused-ring (bicyclic) bond motifs is 1. The molecule has 2 aliphatic rings. The van der Waals surface area contributed by atoms with Crippen LogP contribution in [0.2, 0.25) is 0 Å². The molecule has 5 heteroatoms. The van der Waals surface area contributed by atoms with Gasteiger partial charge in [0.05, 0.1) is 11.8 Å². The van der Waals surface area contributed by atoms with E-state index in [-0.39, 0.29) is 35.0 Å². The zero-order valence-electron chi connectivity index (χ0n) is 16.0. The minimum absolute atomic E-state index is 0.0422. The summed E-state index contributed by atoms with van der Waals surface area (Å²) in [7, 11) is 0. The second-order valence-electron chi connectivity index (χ2n) is 8.54. The number of hydrogen-bond donors (Lipinski definition) is 1. The topological polar surface area (TPSA) is 66.5 Å². The smallest absolute Gasteiger partial charge is 0.247 e. The van der Waals surface area contributed by atoms with Crippen molar-refractivity contribution < 1.29 is 14.4 Å². The molecule has 26 heavy (non-hydrogen) atoms. The molecule has 5 nitrogen and oxygen atoms in total. The fourth-order valence-electron chi connectivity index (χ4n) is 3.99. The minimum atomic E-state index is -0.789. The van der Waals surface area contributed by atoms with Crippen LogP contribution >= 0.6 is 0 Å². The zero-order chi connectivity index (χ0) is 19.1. The second-order valence-corrected chi connectivity index (χ2v) is 8.54. The van der Waals surface area contributed by atoms with Crippen LogP contribution in [0, 0.1) is 11.8 Å². The molecular weight excluding hydrogens is 328 g/mol. The average molecular weight is 356 g/mol. The van der Waals surface area contributed by atoms with E-state index in [4.69, 9.17) is 0 Å². The molecule has 3 atom stereocenters. The predicted octanol–water partition coefficient (Wildman–Crippen LogP) is 3.49. The van der Waals surface area contributed by atoms with Crippen molar-refractivity contribution in [2.24, 2.45) is 11.8 Å². The van der Waals surface area contributed by atoms with Crippen molar-refractivity contribution in [2.75, 3.05) is 5.32 Å². The summed E-state index contributed by atoms with van der Waals surface area (Å²) in [6, 6.07) is 6.90. The molecule has 0 radical (unpaired) electrons. The van der Waals surface area contributed by atoms with E-state index in [2.05, 4.69) is 26.1 Å². The fourth-order valence-corrected chi connectivity index (χ4v) is 3.99. The summed E-state index contributed by atoms with van der Waals surface area (Å²) in [6.07, 6.45) is 3.48. The Balaban J connectivity index is 1.70. The van der Waals surface area contributed by atoms with Crippen LogP contribution in [-0.2, 0) is 19.8 Å². The monoisotopic (exact) mass is 356 g/mol. The van der Waals surface area contributed by atoms with Crippen LogP contribution < -0.4 is 5.32 Å². The third kappa shape index (κ3) is 3.39. The van der Waals surface area contributed by atoms with Crippen molar-refractivity contribution in [3.8, 4) is 0 Å². The number of anilines is 1. The van der Waals surface area contributed by atoms with Crippen LogP contribution in [0.25, 0.3) is 0 Å². The number of likely N-dealkylation sites (tertiary alicyclic amines) is 1. The predicted molar refractivity (Wildman–Crippen MR) is 101 cm³/mol. The maximum atomic E-state index is 12.6. The van der Waals surface area contributed by atoms with Gasteiger partial charge in [-0.1, -0.05) is 45.7 Å². The quantitative estimate of drug-likeness (QED) is 0.843. The van der Waals surface area contributed by atoms with E-state index in [9.17, 15) is 14.4 Å². The lowest BCUT2D eigenvalue weighted by Crippen LogP contribution is -2.46. The van der Waals surface area contributed by atoms with Gasteiger partial charge in [-0.15, -0.1) is 0 Å². The number of nitrogens with one attached hydrogen (secondary N) is 1. The summed E-state index contributed by atoms with van der Waals surface area (Å²) in [6.45, 7) is 8.03. The SMILES string of the molecule is CC(C(=O)Nc1ccc(C(C)(C)C)cc1)N1C(=O)C2CCCCC2C1=O. The van der Waals surface area contributed by atoms with Crippen LogP contribution in [0.3, 0.4) is 0 Å². The molecule has 2 fully saturated rings. The highest BCUT2D eigenvalue weighted by molar-refractivity contribution is 6.09. The summed E-state index contributed by atoms with van der Waals surface area (Å²) in [5.41, 5.74) is 1.89. The molecule has 1 saturated carbocycles. The third-order valence-corrected chi connectivity index (χ3v) is 5.66. The summed E-state index contributed by atoms with van der Waals surface area (Å²) < 4.78 is 0. The van der Waals surface area contributed by atoms with Crippen molar-refractivity contribution in [1.82, 2.24) is 4.90 Å². The number of rotatable bonds is 3. The molecule has 140 valence electrons. The summed E-state index contributed by atoms with van der Waals surface area (Å²) in [5.74, 6) is -1.13. The van der Waals surface area contributed by atoms with Gasteiger partial charge in [-0.05, 0) is 42.9 Å². The number of nitrogens with zero attached hydrogens (tertiary/aromatic N) is 1. The maximum absolute atomic E-state index is 12.6. The molecule has 1 aliphatic heterocycles. The Morgan fingerprint density at radius 2 is 1.54 bits per heavy atom. The Bertz CT molecular complexity index is 694. The Hall–Kier alpha value is -2.17. The highest BCUT2D eigenvalue weighted by atomic mass is 16.2. The van der Waals surface area contributed by atoms with Gasteiger partial charge in [0.15, 0.2) is 0 Å². The van der Waals surface area contributed by atoms with Gasteiger partial charge in [-0.3, -0.25) is 19.3 Å². The number of benzene rings is 1. The lowest BCUT2D eigenvalue weighted by Gasteiger charge is -2.23. The Labute approximate surface area is 155 Å². The first-order valence-corrected chi connectivity index (χ1v) is 9.48. The number of amides is 3. The Morgan fingerprint density at radius 3 is 2.00 bits per heavy atom. The number of imide groups is 1. The molecule has 0 aromatic heterocycles. The van der Waals surface area contributed by atoms with Crippen LogP contribution in [0.15, 0.2) is 24.3 Å². The first-order valence-electron chi connectivity index (χ1n) is 9.48. The van der Waals surface area contributed by atoms with Crippen LogP contribution in [0.5, 0.6) is 0 Å². The molecule has 3 amide bonds. The molecule has 0 bridgehead atoms. The minimum Gasteiger partial charge on any atom is -0.324 e. The molecule has 0 spiro atoms. The highest BCUT2D eigenvalue weighted by Gasteiger charge is 2.50. The molecule has 3 rings (SSSR count). The molecule has 1 aromatic rings. The zero-order valence-corrected chi connectivity index (χ0v) is 16.0. The van der Waals surface area contributed by atoms with E-state index in [1.165, 1.54) is 10.5 Å². The van der Waals surface area contributed by atoms with Crippen molar-refractivity contribution in [1.29, 1.82) is 0 Å². The van der Waals surface area contributed by atoms with Crippen molar-refractivity contribution in [3.63, 3.8) is 0 Å². The maximum Gasteiger partial charge on any atom is 0.247 e. The van der Waals surface area contributed by atoms with E-state index in [1.807, 2.05) is 24.3 Å². The van der Waals surface area contributed by atoms with Gasteiger partial charge in [0.25, 0.3) is 0 Å². The fraction of sp³-hybridized carbons (Fsp3) is 0.571. The molecular formula is C21H28N2O3. The third-order valence-electron chi connectivity index (χ3n) is 5.66. The van der Waals surface area contributed by atoms with E-state index in [0.29, 0.717) is 5.69 Å². The Morgan fingerprint density at radius 1 is 1.04 bits per heavy atom. The first-order chi connectivity index (χ1) is 12.2. The molecule has 3 unspecified atom stereocenters. The van der Waals surface area contributed by atoms with E-state index < -0.39 is 6.04 Å². The normalized spacial score (nSPS) is 24.4. The van der Waals surface area contributed by atoms with Gasteiger partial charge in [0.1, 0.15) is 6.04 Å². The van der Waals surface area contributed by atoms with E-state index in [1.54, 1.807) is 6.92 Å². The molecule has 1 saturated heterocycles. The van der Waals surface area contributed by atoms with Crippen molar-refractivity contribution in [3.05, 3.63) is 29.8 Å². The summed E-state index contributed by atoms with van der Waals surface area (Å²) in [4.78, 5) is 39.1. The van der Waals surface area contributed by atoms with Gasteiger partial charge in [-0.2, -0.15) is 0 Å². The van der Waals surface area contributed by atoms with E-state index in [0.717, 1.165) is 25.7 Å². The molecule has 1 aromatic carbocycles. The van der Waals surface area contributed by atoms with Gasteiger partial charge in [0.2, 0.25) is 17.7 Å². The van der Waals surface area contributed by atoms with E-state index >= 15 is 0 Å². The molecule has 1 heterocycles. The van der Waals surface area contributed by atoms with Crippen LogP contribution in [-0.4, -0.2) is 28.7 Å². The van der Waals surface area contributed by atoms with Crippen molar-refractivity contribution >= 4 is 23.4 Å². The average Bonchev–Trinajstić information content (AvgIpc) is 2.85. The van der Waals surface area contributed by atoms with Gasteiger partial charge in [0, 0.05) is 5.69 Å². The van der Waals surface area contributed by atoms with Crippen LogP contribution in [0.1, 0.15) is 58.9 Å². The highest BCUT2D eigenvalue weighted by Crippen LogP contribution is 2.39. The second kappa shape index (κ2) is 6.86. The lowest BCUT2D eigenvalue weighted by molar-refractivity contribution is -0.146. The van der Waals surface area contributed by atoms with Gasteiger partial charge < -0.3 is 5.32 Å². The van der Waals surface area contributed by atoms with Gasteiger partial charge in [-0.25, -0.2) is 0 Å².